The molecule has 2 rings (SSSR count). The fourth-order valence-corrected chi connectivity index (χ4v) is 2.42. The predicted molar refractivity (Wildman–Crippen MR) is 78.3 cm³/mol. The Balaban J connectivity index is 0.000000444. The average Bonchev–Trinajstić information content (AvgIpc) is 2.43. The van der Waals surface area contributed by atoms with Crippen LogP contribution < -0.4 is 0 Å². The van der Waals surface area contributed by atoms with Crippen LogP contribution in [-0.2, 0) is 19.0 Å². The van der Waals surface area contributed by atoms with Crippen LogP contribution in [0.5, 0.6) is 0 Å². The first-order valence-corrected chi connectivity index (χ1v) is 6.79. The molecule has 0 amide bonds. The van der Waals surface area contributed by atoms with Crippen LogP contribution in [0.3, 0.4) is 0 Å². The first-order chi connectivity index (χ1) is 9.51. The fourth-order valence-electron chi connectivity index (χ4n) is 2.11. The van der Waals surface area contributed by atoms with Gasteiger partial charge in [-0.3, -0.25) is 4.79 Å². The number of carbonyl (C=O) groups is 1. The van der Waals surface area contributed by atoms with Crippen molar-refractivity contribution in [3.63, 3.8) is 0 Å². The van der Waals surface area contributed by atoms with E-state index in [2.05, 4.69) is 4.74 Å². The van der Waals surface area contributed by atoms with Crippen molar-refractivity contribution in [3.05, 3.63) is 33.8 Å². The summed E-state index contributed by atoms with van der Waals surface area (Å²) in [5, 5.41) is 1.20. The van der Waals surface area contributed by atoms with Crippen LogP contribution in [-0.4, -0.2) is 33.6 Å². The minimum Gasteiger partial charge on any atom is -0.471 e. The highest BCUT2D eigenvalue weighted by atomic mass is 35.5. The van der Waals surface area contributed by atoms with E-state index in [0.29, 0.717) is 22.4 Å². The summed E-state index contributed by atoms with van der Waals surface area (Å²) in [6.07, 6.45) is 1.72. The summed E-state index contributed by atoms with van der Waals surface area (Å²) < 4.78 is 14.6. The molecule has 6 heteroatoms. The van der Waals surface area contributed by atoms with Crippen molar-refractivity contribution in [1.82, 2.24) is 0 Å². The van der Waals surface area contributed by atoms with E-state index in [4.69, 9.17) is 37.5 Å². The molecule has 0 bridgehead atoms. The number of carbonyl (C=O) groups excluding carboxylic acids is 1. The van der Waals surface area contributed by atoms with Gasteiger partial charge in [0.2, 0.25) is 0 Å². The molecule has 1 aromatic rings. The maximum absolute atomic E-state index is 8.95. The number of benzene rings is 1. The quantitative estimate of drug-likeness (QED) is 0.627. The Hall–Kier alpha value is -0.810. The third-order valence-electron chi connectivity index (χ3n) is 3.37. The highest BCUT2D eigenvalue weighted by Gasteiger charge is 2.45. The molecule has 0 atom stereocenters. The summed E-state index contributed by atoms with van der Waals surface area (Å²) in [4.78, 5) is 8.95. The molecule has 0 saturated heterocycles. The van der Waals surface area contributed by atoms with Crippen LogP contribution >= 0.6 is 23.2 Å². The number of rotatable bonds is 4. The number of halogens is 2. The van der Waals surface area contributed by atoms with Crippen molar-refractivity contribution in [1.29, 1.82) is 0 Å². The molecular weight excluding hydrogens is 303 g/mol. The topological polar surface area (TPSA) is 44.8 Å². The molecule has 0 spiro atoms. The number of methoxy groups -OCH3 is 3. The van der Waals surface area contributed by atoms with E-state index in [-0.39, 0.29) is 0 Å². The van der Waals surface area contributed by atoms with E-state index in [1.807, 2.05) is 18.2 Å². The molecule has 1 aliphatic carbocycles. The van der Waals surface area contributed by atoms with Crippen molar-refractivity contribution < 1.29 is 19.0 Å². The second-order valence-electron chi connectivity index (χ2n) is 4.43. The number of ether oxygens (including phenoxy) is 3. The van der Waals surface area contributed by atoms with Gasteiger partial charge in [-0.25, -0.2) is 0 Å². The van der Waals surface area contributed by atoms with Gasteiger partial charge >= 0.3 is 0 Å². The Bertz CT molecular complexity index is 439. The molecule has 0 N–H and O–H groups in total. The summed E-state index contributed by atoms with van der Waals surface area (Å²) in [5.74, 6) is 0.0335. The van der Waals surface area contributed by atoms with E-state index in [1.54, 1.807) is 14.2 Å². The number of hydrogen-bond donors (Lipinski definition) is 0. The SMILES string of the molecule is COC1(OC)CC(c2ccc(Cl)c(Cl)c2)C1.COC=O. The highest BCUT2D eigenvalue weighted by Crippen LogP contribution is 2.47. The summed E-state index contributed by atoms with van der Waals surface area (Å²) in [7, 11) is 4.66. The molecule has 1 fully saturated rings. The lowest BCUT2D eigenvalue weighted by molar-refractivity contribution is -0.257. The maximum Gasteiger partial charge on any atom is 0.292 e. The van der Waals surface area contributed by atoms with Gasteiger partial charge in [-0.2, -0.15) is 0 Å². The average molecular weight is 321 g/mol. The monoisotopic (exact) mass is 320 g/mol. The van der Waals surface area contributed by atoms with Crippen molar-refractivity contribution in [2.24, 2.45) is 0 Å². The van der Waals surface area contributed by atoms with Crippen LogP contribution in [0.1, 0.15) is 24.3 Å². The molecule has 20 heavy (non-hydrogen) atoms. The third-order valence-corrected chi connectivity index (χ3v) is 4.11. The van der Waals surface area contributed by atoms with Gasteiger partial charge in [0.15, 0.2) is 5.79 Å². The zero-order valence-corrected chi connectivity index (χ0v) is 13.2. The van der Waals surface area contributed by atoms with Gasteiger partial charge in [0.05, 0.1) is 17.2 Å². The molecule has 1 saturated carbocycles. The van der Waals surface area contributed by atoms with Gasteiger partial charge in [0.1, 0.15) is 0 Å². The Morgan fingerprint density at radius 3 is 2.10 bits per heavy atom. The van der Waals surface area contributed by atoms with Crippen LogP contribution in [0.4, 0.5) is 0 Å². The molecule has 0 aromatic heterocycles. The summed E-state index contributed by atoms with van der Waals surface area (Å²) in [6, 6.07) is 5.76. The van der Waals surface area contributed by atoms with Crippen molar-refractivity contribution in [2.45, 2.75) is 24.5 Å². The van der Waals surface area contributed by atoms with Crippen molar-refractivity contribution in [3.8, 4) is 0 Å². The van der Waals surface area contributed by atoms with E-state index in [1.165, 1.54) is 12.7 Å². The minimum absolute atomic E-state index is 0.375. The molecular formula is C14H18Cl2O4. The zero-order valence-electron chi connectivity index (χ0n) is 11.7. The fraction of sp³-hybridized carbons (Fsp3) is 0.500. The lowest BCUT2D eigenvalue weighted by Gasteiger charge is -2.45. The second kappa shape index (κ2) is 7.84. The normalized spacial score (nSPS) is 16.6. The van der Waals surface area contributed by atoms with Gasteiger partial charge in [-0.15, -0.1) is 0 Å². The van der Waals surface area contributed by atoms with Crippen LogP contribution in [0.15, 0.2) is 18.2 Å². The minimum atomic E-state index is -0.406. The van der Waals surface area contributed by atoms with Crippen LogP contribution in [0, 0.1) is 0 Å². The first-order valence-electron chi connectivity index (χ1n) is 6.03. The Morgan fingerprint density at radius 1 is 1.15 bits per heavy atom. The highest BCUT2D eigenvalue weighted by molar-refractivity contribution is 6.42. The van der Waals surface area contributed by atoms with Gasteiger partial charge in [-0.05, 0) is 23.6 Å². The molecule has 0 heterocycles. The molecule has 0 radical (unpaired) electrons. The van der Waals surface area contributed by atoms with E-state index in [9.17, 15) is 0 Å². The van der Waals surface area contributed by atoms with Crippen molar-refractivity contribution in [2.75, 3.05) is 21.3 Å². The Labute approximate surface area is 128 Å². The van der Waals surface area contributed by atoms with E-state index >= 15 is 0 Å². The number of hydrogen-bond acceptors (Lipinski definition) is 4. The second-order valence-corrected chi connectivity index (χ2v) is 5.24. The Kier molecular flexibility index (Phi) is 6.76. The molecule has 0 unspecified atom stereocenters. The molecule has 1 aromatic carbocycles. The lowest BCUT2D eigenvalue weighted by atomic mass is 9.74. The third kappa shape index (κ3) is 4.09. The van der Waals surface area contributed by atoms with E-state index in [0.717, 1.165) is 12.8 Å². The van der Waals surface area contributed by atoms with Gasteiger partial charge in [-0.1, -0.05) is 29.3 Å². The summed E-state index contributed by atoms with van der Waals surface area (Å²) in [5.41, 5.74) is 1.19. The molecule has 1 aliphatic rings. The van der Waals surface area contributed by atoms with Crippen molar-refractivity contribution >= 4 is 29.7 Å². The molecule has 4 nitrogen and oxygen atoms in total. The smallest absolute Gasteiger partial charge is 0.292 e. The van der Waals surface area contributed by atoms with Gasteiger partial charge < -0.3 is 14.2 Å². The first kappa shape index (κ1) is 17.2. The summed E-state index contributed by atoms with van der Waals surface area (Å²) in [6.45, 7) is 0.375. The van der Waals surface area contributed by atoms with E-state index < -0.39 is 5.79 Å². The molecule has 0 aliphatic heterocycles. The van der Waals surface area contributed by atoms with Crippen LogP contribution in [0.2, 0.25) is 10.0 Å². The van der Waals surface area contributed by atoms with Crippen LogP contribution in [0.25, 0.3) is 0 Å². The largest absolute Gasteiger partial charge is 0.471 e. The lowest BCUT2D eigenvalue weighted by Crippen LogP contribution is -2.45. The van der Waals surface area contributed by atoms with Gasteiger partial charge in [0, 0.05) is 27.1 Å². The summed E-state index contributed by atoms with van der Waals surface area (Å²) >= 11 is 11.9. The maximum atomic E-state index is 8.95. The zero-order chi connectivity index (χ0) is 15.2. The van der Waals surface area contributed by atoms with Gasteiger partial charge in [0.25, 0.3) is 6.47 Å². The standard InChI is InChI=1S/C12H14Cl2O2.C2H4O2/c1-15-12(16-2)6-9(7-12)8-3-4-10(13)11(14)5-8;1-4-2-3/h3-5,9H,6-7H2,1-2H3;2H,1H3. The predicted octanol–water partition coefficient (Wildman–Crippen LogP) is 3.65. The Morgan fingerprint density at radius 2 is 1.70 bits per heavy atom. The molecule has 112 valence electrons.